The number of amidine groups is 1. The minimum atomic E-state index is -0.171. The molecule has 1 N–H and O–H groups in total. The second-order valence-corrected chi connectivity index (χ2v) is 10.8. The molecule has 0 amide bonds. The lowest BCUT2D eigenvalue weighted by atomic mass is 9.85. The summed E-state index contributed by atoms with van der Waals surface area (Å²) in [6.07, 6.45) is 5.96. The highest BCUT2D eigenvalue weighted by Gasteiger charge is 2.38. The topological polar surface area (TPSA) is 87.0 Å². The lowest BCUT2D eigenvalue weighted by molar-refractivity contribution is 0.0947. The molecule has 2 heterocycles. The zero-order valence-corrected chi connectivity index (χ0v) is 22.8. The van der Waals surface area contributed by atoms with Gasteiger partial charge in [-0.1, -0.05) is 41.2 Å². The van der Waals surface area contributed by atoms with Crippen molar-refractivity contribution in [3.63, 3.8) is 0 Å². The maximum absolute atomic E-state index is 13.5. The molecule has 4 rings (SSSR count). The Hall–Kier alpha value is -3.13. The Balaban J connectivity index is 1.60. The molecule has 0 saturated heterocycles. The number of rotatable bonds is 9. The highest BCUT2D eigenvalue weighted by atomic mass is 16.5. The van der Waals surface area contributed by atoms with Gasteiger partial charge in [0.25, 0.3) is 0 Å². The standard InChI is InChI=1S/C29H40N4O4/c1-7-22(8-2)37-28-25-12-10-9-11-24(25)27-30-32(19(3)33(27)31-28)18-26(35)20-15-21(29(4,5)6)17-23(16-20)36-14-13-34/h15-17,22,34H,3,7-14,18H2,1-2,4-6H3. The normalized spacial score (nSPS) is 17.5. The third-order valence-electron chi connectivity index (χ3n) is 7.08. The first kappa shape index (κ1) is 26.9. The van der Waals surface area contributed by atoms with Crippen molar-refractivity contribution in [2.45, 2.75) is 84.7 Å². The molecule has 3 aliphatic rings. The highest BCUT2D eigenvalue weighted by Crippen LogP contribution is 2.37. The molecular weight excluding hydrogens is 468 g/mol. The molecule has 0 fully saturated rings. The SMILES string of the molecule is C=C1N(CC(=O)c2cc(OCCO)cc(C(C)(C)C)c2)N=C2C3=C(CCCC3)C(OC(CC)CC)=NN12. The van der Waals surface area contributed by atoms with Crippen molar-refractivity contribution < 1.29 is 19.4 Å². The zero-order chi connectivity index (χ0) is 26.7. The van der Waals surface area contributed by atoms with Gasteiger partial charge in [0.2, 0.25) is 5.90 Å². The number of carbonyl (C=O) groups is 1. The van der Waals surface area contributed by atoms with E-state index in [2.05, 4.69) is 41.2 Å². The lowest BCUT2D eigenvalue weighted by Gasteiger charge is -2.31. The van der Waals surface area contributed by atoms with Gasteiger partial charge in [0, 0.05) is 16.7 Å². The summed E-state index contributed by atoms with van der Waals surface area (Å²) >= 11 is 0. The first-order valence-electron chi connectivity index (χ1n) is 13.4. The average molecular weight is 509 g/mol. The Morgan fingerprint density at radius 2 is 1.81 bits per heavy atom. The number of hydrazone groups is 2. The molecule has 0 unspecified atom stereocenters. The van der Waals surface area contributed by atoms with Gasteiger partial charge in [-0.15, -0.1) is 5.10 Å². The van der Waals surface area contributed by atoms with Crippen molar-refractivity contribution in [1.29, 1.82) is 0 Å². The summed E-state index contributed by atoms with van der Waals surface area (Å²) in [5.41, 5.74) is 3.64. The second-order valence-electron chi connectivity index (χ2n) is 10.8. The molecule has 8 nitrogen and oxygen atoms in total. The van der Waals surface area contributed by atoms with Gasteiger partial charge in [-0.3, -0.25) is 4.79 Å². The monoisotopic (exact) mass is 508 g/mol. The van der Waals surface area contributed by atoms with Gasteiger partial charge < -0.3 is 14.6 Å². The molecule has 37 heavy (non-hydrogen) atoms. The van der Waals surface area contributed by atoms with E-state index >= 15 is 0 Å². The number of aliphatic hydroxyl groups is 1. The Labute approximate surface area is 220 Å². The Morgan fingerprint density at radius 1 is 1.11 bits per heavy atom. The van der Waals surface area contributed by atoms with Crippen molar-refractivity contribution in [3.8, 4) is 5.75 Å². The fourth-order valence-electron chi connectivity index (χ4n) is 4.78. The van der Waals surface area contributed by atoms with Crippen LogP contribution in [0.4, 0.5) is 0 Å². The summed E-state index contributed by atoms with van der Waals surface area (Å²) < 4.78 is 12.0. The minimum Gasteiger partial charge on any atom is -0.491 e. The third-order valence-corrected chi connectivity index (χ3v) is 7.08. The predicted molar refractivity (Wildman–Crippen MR) is 146 cm³/mol. The van der Waals surface area contributed by atoms with Crippen LogP contribution in [0, 0.1) is 0 Å². The first-order valence-corrected chi connectivity index (χ1v) is 13.4. The van der Waals surface area contributed by atoms with Crippen LogP contribution in [-0.2, 0) is 10.2 Å². The number of Topliss-reactive ketones (excluding diaryl/α,β-unsaturated/α-hetero) is 1. The Kier molecular flexibility index (Phi) is 8.07. The van der Waals surface area contributed by atoms with Gasteiger partial charge in [-0.05, 0) is 67.7 Å². The quantitative estimate of drug-likeness (QED) is 0.453. The summed E-state index contributed by atoms with van der Waals surface area (Å²) in [5, 5.41) is 22.2. The fraction of sp³-hybridized carbons (Fsp3) is 0.552. The van der Waals surface area contributed by atoms with E-state index in [-0.39, 0.29) is 37.1 Å². The molecular formula is C29H40N4O4. The van der Waals surface area contributed by atoms with Gasteiger partial charge in [0.1, 0.15) is 24.7 Å². The summed E-state index contributed by atoms with van der Waals surface area (Å²) in [7, 11) is 0. The van der Waals surface area contributed by atoms with Crippen molar-refractivity contribution in [2.75, 3.05) is 19.8 Å². The van der Waals surface area contributed by atoms with Gasteiger partial charge in [0.15, 0.2) is 11.6 Å². The van der Waals surface area contributed by atoms with Gasteiger partial charge >= 0.3 is 0 Å². The van der Waals surface area contributed by atoms with Gasteiger partial charge in [-0.2, -0.15) is 10.1 Å². The number of fused-ring (bicyclic) bond motifs is 2. The van der Waals surface area contributed by atoms with E-state index < -0.39 is 0 Å². The molecule has 200 valence electrons. The summed E-state index contributed by atoms with van der Waals surface area (Å²) in [4.78, 5) is 13.5. The smallest absolute Gasteiger partial charge is 0.235 e. The number of aliphatic hydroxyl groups excluding tert-OH is 1. The molecule has 1 aromatic rings. The van der Waals surface area contributed by atoms with Crippen LogP contribution in [0.15, 0.2) is 51.9 Å². The Morgan fingerprint density at radius 3 is 2.46 bits per heavy atom. The number of hydrogen-bond acceptors (Lipinski definition) is 8. The van der Waals surface area contributed by atoms with Crippen molar-refractivity contribution in [1.82, 2.24) is 10.0 Å². The minimum absolute atomic E-state index is 0.0345. The molecule has 0 bridgehead atoms. The maximum atomic E-state index is 13.5. The van der Waals surface area contributed by atoms with Crippen LogP contribution in [0.1, 0.15) is 89.1 Å². The van der Waals surface area contributed by atoms with Crippen LogP contribution < -0.4 is 4.74 Å². The van der Waals surface area contributed by atoms with Crippen molar-refractivity contribution in [3.05, 3.63) is 52.9 Å². The number of benzene rings is 1. The summed E-state index contributed by atoms with van der Waals surface area (Å²) in [6.45, 7) is 14.9. The molecule has 0 aromatic heterocycles. The lowest BCUT2D eigenvalue weighted by Crippen LogP contribution is -2.35. The average Bonchev–Trinajstić information content (AvgIpc) is 3.20. The molecule has 0 atom stereocenters. The van der Waals surface area contributed by atoms with Crippen LogP contribution in [0.3, 0.4) is 0 Å². The molecule has 1 aromatic carbocycles. The van der Waals surface area contributed by atoms with E-state index in [1.165, 1.54) is 0 Å². The van der Waals surface area contributed by atoms with Crippen LogP contribution in [0.2, 0.25) is 0 Å². The molecule has 8 heteroatoms. The number of carbonyl (C=O) groups excluding carboxylic acids is 1. The summed E-state index contributed by atoms with van der Waals surface area (Å²) in [5.74, 6) is 2.43. The van der Waals surface area contributed by atoms with E-state index in [0.717, 1.165) is 61.1 Å². The van der Waals surface area contributed by atoms with Crippen LogP contribution in [-0.4, -0.2) is 58.5 Å². The first-order chi connectivity index (χ1) is 17.7. The van der Waals surface area contributed by atoms with E-state index in [1.807, 2.05) is 12.1 Å². The van der Waals surface area contributed by atoms with E-state index in [0.29, 0.717) is 23.0 Å². The molecule has 0 radical (unpaired) electrons. The maximum Gasteiger partial charge on any atom is 0.235 e. The molecule has 2 aliphatic heterocycles. The molecule has 0 saturated carbocycles. The molecule has 1 aliphatic carbocycles. The second kappa shape index (κ2) is 11.1. The fourth-order valence-corrected chi connectivity index (χ4v) is 4.78. The van der Waals surface area contributed by atoms with Gasteiger partial charge in [0.05, 0.1) is 12.7 Å². The van der Waals surface area contributed by atoms with Crippen LogP contribution >= 0.6 is 0 Å². The van der Waals surface area contributed by atoms with E-state index in [9.17, 15) is 9.90 Å². The number of ether oxygens (including phenoxy) is 2. The van der Waals surface area contributed by atoms with Crippen LogP contribution in [0.5, 0.6) is 5.75 Å². The Bertz CT molecular complexity index is 1140. The number of nitrogens with zero attached hydrogens (tertiary/aromatic N) is 4. The van der Waals surface area contributed by atoms with Crippen molar-refractivity contribution >= 4 is 17.5 Å². The summed E-state index contributed by atoms with van der Waals surface area (Å²) in [6, 6.07) is 5.57. The predicted octanol–water partition coefficient (Wildman–Crippen LogP) is 5.34. The van der Waals surface area contributed by atoms with Crippen LogP contribution in [0.25, 0.3) is 0 Å². The molecule has 0 spiro atoms. The van der Waals surface area contributed by atoms with Crippen molar-refractivity contribution in [2.24, 2.45) is 10.2 Å². The van der Waals surface area contributed by atoms with E-state index in [1.54, 1.807) is 16.1 Å². The third kappa shape index (κ3) is 5.74. The van der Waals surface area contributed by atoms with Gasteiger partial charge in [-0.25, -0.2) is 5.01 Å². The largest absolute Gasteiger partial charge is 0.491 e. The number of hydrogen-bond donors (Lipinski definition) is 1. The van der Waals surface area contributed by atoms with E-state index in [4.69, 9.17) is 19.7 Å². The zero-order valence-electron chi connectivity index (χ0n) is 22.8. The highest BCUT2D eigenvalue weighted by molar-refractivity contribution is 6.11. The number of ketones is 1.